The first-order valence-corrected chi connectivity index (χ1v) is 9.21. The van der Waals surface area contributed by atoms with Crippen LogP contribution in [0.5, 0.6) is 0 Å². The molecule has 0 spiro atoms. The number of rotatable bonds is 6. The quantitative estimate of drug-likeness (QED) is 0.523. The molecule has 2 aromatic heterocycles. The Labute approximate surface area is 170 Å². The van der Waals surface area contributed by atoms with Gasteiger partial charge in [-0.25, -0.2) is 4.79 Å². The Bertz CT molecular complexity index is 1260. The molecule has 0 saturated carbocycles. The van der Waals surface area contributed by atoms with Crippen LogP contribution in [0.3, 0.4) is 0 Å². The van der Waals surface area contributed by atoms with Crippen molar-refractivity contribution in [1.29, 1.82) is 0 Å². The Balaban J connectivity index is 1.48. The molecule has 0 unspecified atom stereocenters. The second-order valence-corrected chi connectivity index (χ2v) is 6.55. The second kappa shape index (κ2) is 8.39. The Kier molecular flexibility index (Phi) is 5.33. The van der Waals surface area contributed by atoms with Crippen molar-refractivity contribution in [3.8, 4) is 5.69 Å². The van der Waals surface area contributed by atoms with Gasteiger partial charge in [0.15, 0.2) is 0 Å². The van der Waals surface area contributed by atoms with Gasteiger partial charge in [0.1, 0.15) is 6.54 Å². The number of amides is 1. The minimum Gasteiger partial charge on any atom is -0.325 e. The van der Waals surface area contributed by atoms with Gasteiger partial charge in [0.25, 0.3) is 5.56 Å². The molecule has 4 rings (SSSR count). The molecule has 30 heavy (non-hydrogen) atoms. The molecule has 1 amide bonds. The molecule has 0 bridgehead atoms. The SMILES string of the molecule is O=C(Cn1c(=O)ccn(Cc2ccccc2)c1=O)Nc1ccc(-n2nccn2)cc1. The minimum absolute atomic E-state index is 0.310. The van der Waals surface area contributed by atoms with E-state index in [0.717, 1.165) is 15.8 Å². The summed E-state index contributed by atoms with van der Waals surface area (Å²) in [4.78, 5) is 38.7. The van der Waals surface area contributed by atoms with Crippen LogP contribution in [0.2, 0.25) is 0 Å². The van der Waals surface area contributed by atoms with Gasteiger partial charge in [-0.15, -0.1) is 0 Å². The van der Waals surface area contributed by atoms with Crippen molar-refractivity contribution >= 4 is 11.6 Å². The van der Waals surface area contributed by atoms with E-state index in [1.807, 2.05) is 30.3 Å². The van der Waals surface area contributed by atoms with Crippen molar-refractivity contribution < 1.29 is 4.79 Å². The van der Waals surface area contributed by atoms with Gasteiger partial charge in [-0.2, -0.15) is 15.0 Å². The monoisotopic (exact) mass is 402 g/mol. The lowest BCUT2D eigenvalue weighted by molar-refractivity contribution is -0.116. The number of carbonyl (C=O) groups excluding carboxylic acids is 1. The number of nitrogens with zero attached hydrogens (tertiary/aromatic N) is 5. The molecule has 0 aliphatic rings. The molecule has 2 aromatic carbocycles. The molecule has 9 nitrogen and oxygen atoms in total. The molecule has 1 N–H and O–H groups in total. The van der Waals surface area contributed by atoms with Crippen molar-refractivity contribution in [1.82, 2.24) is 24.1 Å². The van der Waals surface area contributed by atoms with E-state index in [1.54, 1.807) is 36.7 Å². The third kappa shape index (κ3) is 4.25. The zero-order valence-corrected chi connectivity index (χ0v) is 15.9. The maximum Gasteiger partial charge on any atom is 0.331 e. The van der Waals surface area contributed by atoms with Gasteiger partial charge in [0.2, 0.25) is 5.91 Å². The van der Waals surface area contributed by atoms with E-state index in [2.05, 4.69) is 15.5 Å². The predicted octanol–water partition coefficient (Wildman–Crippen LogP) is 1.28. The van der Waals surface area contributed by atoms with Crippen LogP contribution < -0.4 is 16.6 Å². The van der Waals surface area contributed by atoms with Crippen LogP contribution in [0.15, 0.2) is 88.8 Å². The fourth-order valence-corrected chi connectivity index (χ4v) is 2.97. The van der Waals surface area contributed by atoms with Gasteiger partial charge in [0, 0.05) is 18.0 Å². The van der Waals surface area contributed by atoms with Crippen LogP contribution in [0.25, 0.3) is 5.69 Å². The van der Waals surface area contributed by atoms with E-state index in [1.165, 1.54) is 21.6 Å². The van der Waals surface area contributed by atoms with Crippen LogP contribution >= 0.6 is 0 Å². The normalized spacial score (nSPS) is 10.7. The van der Waals surface area contributed by atoms with E-state index >= 15 is 0 Å². The average Bonchev–Trinajstić information content (AvgIpc) is 3.29. The summed E-state index contributed by atoms with van der Waals surface area (Å²) in [5.41, 5.74) is 1.12. The fourth-order valence-electron chi connectivity index (χ4n) is 2.97. The second-order valence-electron chi connectivity index (χ2n) is 6.55. The molecule has 150 valence electrons. The minimum atomic E-state index is -0.540. The molecule has 0 atom stereocenters. The summed E-state index contributed by atoms with van der Waals surface area (Å²) in [5, 5.41) is 10.8. The van der Waals surface area contributed by atoms with Crippen molar-refractivity contribution in [3.05, 3.63) is 106 Å². The van der Waals surface area contributed by atoms with E-state index in [4.69, 9.17) is 0 Å². The lowest BCUT2D eigenvalue weighted by Gasteiger charge is -2.11. The number of hydrogen-bond acceptors (Lipinski definition) is 5. The molecule has 9 heteroatoms. The number of hydrogen-bond donors (Lipinski definition) is 1. The van der Waals surface area contributed by atoms with Crippen molar-refractivity contribution in [3.63, 3.8) is 0 Å². The van der Waals surface area contributed by atoms with E-state index in [0.29, 0.717) is 12.2 Å². The largest absolute Gasteiger partial charge is 0.331 e. The molecule has 0 radical (unpaired) electrons. The summed E-state index contributed by atoms with van der Waals surface area (Å²) >= 11 is 0. The third-order valence-electron chi connectivity index (χ3n) is 4.44. The van der Waals surface area contributed by atoms with Gasteiger partial charge < -0.3 is 5.32 Å². The fraction of sp³-hybridized carbons (Fsp3) is 0.0952. The van der Waals surface area contributed by atoms with Gasteiger partial charge in [-0.05, 0) is 29.8 Å². The van der Waals surface area contributed by atoms with Crippen LogP contribution in [0, 0.1) is 0 Å². The first kappa shape index (κ1) is 19.1. The van der Waals surface area contributed by atoms with Crippen LogP contribution in [-0.2, 0) is 17.9 Å². The van der Waals surface area contributed by atoms with Gasteiger partial charge in [0.05, 0.1) is 24.6 Å². The topological polar surface area (TPSA) is 104 Å². The molecule has 0 fully saturated rings. The average molecular weight is 402 g/mol. The van der Waals surface area contributed by atoms with Gasteiger partial charge in [-0.1, -0.05) is 30.3 Å². The zero-order chi connectivity index (χ0) is 20.9. The first-order valence-electron chi connectivity index (χ1n) is 9.21. The summed E-state index contributed by atoms with van der Waals surface area (Å²) in [6.45, 7) is -0.0692. The van der Waals surface area contributed by atoms with Crippen LogP contribution in [-0.4, -0.2) is 30.0 Å². The van der Waals surface area contributed by atoms with Crippen molar-refractivity contribution in [2.24, 2.45) is 0 Å². The summed E-state index contributed by atoms with van der Waals surface area (Å²) in [6, 6.07) is 17.6. The van der Waals surface area contributed by atoms with E-state index in [9.17, 15) is 14.4 Å². The molecular formula is C21H18N6O3. The molecule has 0 aliphatic carbocycles. The summed E-state index contributed by atoms with van der Waals surface area (Å²) in [7, 11) is 0. The molecule has 4 aromatic rings. The van der Waals surface area contributed by atoms with E-state index < -0.39 is 17.2 Å². The standard InChI is InChI=1S/C21H18N6O3/c28-19(24-17-6-8-18(9-7-17)27-22-11-12-23-27)15-26-20(29)10-13-25(21(26)30)14-16-4-2-1-3-5-16/h1-13H,14-15H2,(H,24,28). The number of carbonyl (C=O) groups is 1. The number of nitrogens with one attached hydrogen (secondary N) is 1. The summed E-state index contributed by atoms with van der Waals surface area (Å²) in [5.74, 6) is -0.475. The third-order valence-corrected chi connectivity index (χ3v) is 4.44. The van der Waals surface area contributed by atoms with Gasteiger partial charge in [-0.3, -0.25) is 18.7 Å². The number of anilines is 1. The Morgan fingerprint density at radius 3 is 2.30 bits per heavy atom. The highest BCUT2D eigenvalue weighted by molar-refractivity contribution is 5.90. The van der Waals surface area contributed by atoms with E-state index in [-0.39, 0.29) is 6.54 Å². The Hall–Kier alpha value is -4.27. The Morgan fingerprint density at radius 1 is 0.900 bits per heavy atom. The van der Waals surface area contributed by atoms with Crippen LogP contribution in [0.4, 0.5) is 5.69 Å². The molecule has 0 saturated heterocycles. The molecule has 2 heterocycles. The number of benzene rings is 2. The van der Waals surface area contributed by atoms with Gasteiger partial charge >= 0.3 is 5.69 Å². The number of aromatic nitrogens is 5. The molecule has 0 aliphatic heterocycles. The maximum atomic E-state index is 12.7. The first-order chi connectivity index (χ1) is 14.6. The highest BCUT2D eigenvalue weighted by atomic mass is 16.2. The van der Waals surface area contributed by atoms with Crippen LogP contribution in [0.1, 0.15) is 5.56 Å². The van der Waals surface area contributed by atoms with Crippen molar-refractivity contribution in [2.75, 3.05) is 5.32 Å². The smallest absolute Gasteiger partial charge is 0.325 e. The Morgan fingerprint density at radius 2 is 1.60 bits per heavy atom. The van der Waals surface area contributed by atoms with Crippen molar-refractivity contribution in [2.45, 2.75) is 13.1 Å². The lowest BCUT2D eigenvalue weighted by atomic mass is 10.2. The molecular weight excluding hydrogens is 384 g/mol. The summed E-state index contributed by atoms with van der Waals surface area (Å²) in [6.07, 6.45) is 4.57. The highest BCUT2D eigenvalue weighted by Crippen LogP contribution is 2.11. The summed E-state index contributed by atoms with van der Waals surface area (Å²) < 4.78 is 2.32. The maximum absolute atomic E-state index is 12.7. The lowest BCUT2D eigenvalue weighted by Crippen LogP contribution is -2.41. The predicted molar refractivity (Wildman–Crippen MR) is 110 cm³/mol. The zero-order valence-electron chi connectivity index (χ0n) is 15.9. The highest BCUT2D eigenvalue weighted by Gasteiger charge is 2.11.